The van der Waals surface area contributed by atoms with Crippen molar-refractivity contribution < 1.29 is 19.1 Å². The van der Waals surface area contributed by atoms with Crippen LogP contribution in [0.15, 0.2) is 30.5 Å². The van der Waals surface area contributed by atoms with Crippen LogP contribution in [0.2, 0.25) is 0 Å². The van der Waals surface area contributed by atoms with Gasteiger partial charge in [0.2, 0.25) is 5.82 Å². The number of H-pyrrole nitrogens is 1. The fraction of sp³-hybridized carbons (Fsp3) is 0.190. The van der Waals surface area contributed by atoms with Crippen LogP contribution in [0.3, 0.4) is 0 Å². The molecule has 2 N–H and O–H groups in total. The van der Waals surface area contributed by atoms with E-state index in [1.165, 1.54) is 20.4 Å². The van der Waals surface area contributed by atoms with E-state index in [9.17, 15) is 14.9 Å². The number of methoxy groups -OCH3 is 2. The molecule has 2 aromatic heterocycles. The van der Waals surface area contributed by atoms with Gasteiger partial charge in [-0.25, -0.2) is 9.59 Å². The molecule has 0 aliphatic carbocycles. The van der Waals surface area contributed by atoms with Crippen molar-refractivity contribution in [3.63, 3.8) is 0 Å². The van der Waals surface area contributed by atoms with Gasteiger partial charge < -0.3 is 14.8 Å². The largest absolute Gasteiger partial charge is 0.465 e. The second-order valence-electron chi connectivity index (χ2n) is 6.52. The minimum Gasteiger partial charge on any atom is -0.465 e. The number of nitrogens with one attached hydrogen (secondary N) is 2. The predicted octanol–water partition coefficient (Wildman–Crippen LogP) is 2.43. The summed E-state index contributed by atoms with van der Waals surface area (Å²) < 4.78 is 9.85. The molecule has 0 unspecified atom stereocenters. The van der Waals surface area contributed by atoms with Crippen molar-refractivity contribution in [1.29, 1.82) is 5.26 Å². The average molecular weight is 433 g/mol. The van der Waals surface area contributed by atoms with E-state index >= 15 is 0 Å². The minimum absolute atomic E-state index is 0.157. The van der Waals surface area contributed by atoms with Gasteiger partial charge >= 0.3 is 11.9 Å². The summed E-state index contributed by atoms with van der Waals surface area (Å²) in [6, 6.07) is 8.89. The number of anilines is 1. The van der Waals surface area contributed by atoms with Gasteiger partial charge in [0.05, 0.1) is 36.7 Å². The fourth-order valence-corrected chi connectivity index (χ4v) is 3.15. The maximum atomic E-state index is 12.5. The number of nitrogens with zero attached hydrogens (tertiary/aromatic N) is 5. The first-order valence-electron chi connectivity index (χ1n) is 9.30. The van der Waals surface area contributed by atoms with Crippen LogP contribution < -0.4 is 5.32 Å². The first-order chi connectivity index (χ1) is 15.4. The van der Waals surface area contributed by atoms with E-state index < -0.39 is 11.9 Å². The van der Waals surface area contributed by atoms with Crippen molar-refractivity contribution in [2.24, 2.45) is 0 Å². The van der Waals surface area contributed by atoms with Crippen LogP contribution in [-0.4, -0.2) is 51.8 Å². The molecule has 3 aromatic rings. The Balaban J connectivity index is 2.05. The first-order valence-corrected chi connectivity index (χ1v) is 9.30. The first kappa shape index (κ1) is 22.1. The van der Waals surface area contributed by atoms with Crippen LogP contribution >= 0.6 is 0 Å². The van der Waals surface area contributed by atoms with Crippen molar-refractivity contribution in [3.8, 4) is 17.2 Å². The molecule has 0 amide bonds. The van der Waals surface area contributed by atoms with E-state index in [0.29, 0.717) is 28.2 Å². The van der Waals surface area contributed by atoms with Crippen LogP contribution in [0, 0.1) is 25.2 Å². The molecule has 0 spiro atoms. The SMILES string of the molecule is COC(=O)c1c(C)nc(C)c(C(=O)OC)c1-c1ccc(NC=C(C#N)c2nn[nH]n2)cc1. The molecule has 32 heavy (non-hydrogen) atoms. The van der Waals surface area contributed by atoms with E-state index in [2.05, 4.69) is 30.9 Å². The Morgan fingerprint density at radius 2 is 1.66 bits per heavy atom. The van der Waals surface area contributed by atoms with E-state index in [1.807, 2.05) is 6.07 Å². The van der Waals surface area contributed by atoms with Gasteiger partial charge in [0.15, 0.2) is 0 Å². The second kappa shape index (κ2) is 9.48. The average Bonchev–Trinajstić information content (AvgIpc) is 3.33. The fourth-order valence-electron chi connectivity index (χ4n) is 3.15. The smallest absolute Gasteiger partial charge is 0.340 e. The molecule has 0 saturated heterocycles. The molecule has 0 saturated carbocycles. The number of nitriles is 1. The maximum Gasteiger partial charge on any atom is 0.340 e. The molecule has 11 heteroatoms. The number of hydrogen-bond acceptors (Lipinski definition) is 10. The Labute approximate surface area is 183 Å². The van der Waals surface area contributed by atoms with Gasteiger partial charge in [0, 0.05) is 17.5 Å². The van der Waals surface area contributed by atoms with E-state index in [1.54, 1.807) is 38.1 Å². The van der Waals surface area contributed by atoms with Crippen LogP contribution in [0.5, 0.6) is 0 Å². The normalized spacial score (nSPS) is 10.9. The van der Waals surface area contributed by atoms with Crippen LogP contribution in [0.25, 0.3) is 16.7 Å². The summed E-state index contributed by atoms with van der Waals surface area (Å²) >= 11 is 0. The van der Waals surface area contributed by atoms with E-state index in [4.69, 9.17) is 9.47 Å². The number of benzene rings is 1. The maximum absolute atomic E-state index is 12.5. The minimum atomic E-state index is -0.612. The van der Waals surface area contributed by atoms with Gasteiger partial charge in [-0.15, -0.1) is 10.2 Å². The predicted molar refractivity (Wildman–Crippen MR) is 113 cm³/mol. The van der Waals surface area contributed by atoms with Gasteiger partial charge in [-0.2, -0.15) is 10.5 Å². The summed E-state index contributed by atoms with van der Waals surface area (Å²) in [4.78, 5) is 29.3. The van der Waals surface area contributed by atoms with Crippen molar-refractivity contribution in [1.82, 2.24) is 25.6 Å². The summed E-state index contributed by atoms with van der Waals surface area (Å²) in [6.07, 6.45) is 1.44. The van der Waals surface area contributed by atoms with Gasteiger partial charge in [0.1, 0.15) is 11.6 Å². The number of rotatable bonds is 6. The third-order valence-electron chi connectivity index (χ3n) is 4.60. The Hall–Kier alpha value is -4.59. The van der Waals surface area contributed by atoms with Crippen LogP contribution in [0.1, 0.15) is 37.9 Å². The number of aromatic nitrogens is 5. The number of carbonyl (C=O) groups excluding carboxylic acids is 2. The lowest BCUT2D eigenvalue weighted by molar-refractivity contribution is 0.0599. The summed E-state index contributed by atoms with van der Waals surface area (Å²) in [7, 11) is 2.53. The highest BCUT2D eigenvalue weighted by atomic mass is 16.5. The molecule has 0 radical (unpaired) electrons. The standard InChI is InChI=1S/C21H19N7O4/c1-11-16(20(29)31-3)18(17(12(2)24-11)21(30)32-4)13-5-7-15(8-6-13)23-10-14(9-22)19-25-27-28-26-19/h5-8,10,23H,1-4H3,(H,25,26,27,28). The molecule has 1 aromatic carbocycles. The Morgan fingerprint density at radius 3 is 2.12 bits per heavy atom. The number of ether oxygens (including phenoxy) is 2. The van der Waals surface area contributed by atoms with Crippen molar-refractivity contribution in [2.75, 3.05) is 19.5 Å². The number of carbonyl (C=O) groups is 2. The zero-order chi connectivity index (χ0) is 23.3. The Morgan fingerprint density at radius 1 is 1.06 bits per heavy atom. The third-order valence-corrected chi connectivity index (χ3v) is 4.60. The summed E-state index contributed by atoms with van der Waals surface area (Å²) in [5.74, 6) is -1.07. The Bertz CT molecular complexity index is 1190. The molecular weight excluding hydrogens is 414 g/mol. The monoisotopic (exact) mass is 433 g/mol. The number of pyridine rings is 1. The number of aromatic amines is 1. The van der Waals surface area contributed by atoms with E-state index in [0.717, 1.165) is 0 Å². The summed E-state index contributed by atoms with van der Waals surface area (Å²) in [5, 5.41) is 25.5. The van der Waals surface area contributed by atoms with Crippen molar-refractivity contribution in [2.45, 2.75) is 13.8 Å². The number of tetrazole rings is 1. The third kappa shape index (κ3) is 4.29. The number of esters is 2. The summed E-state index contributed by atoms with van der Waals surface area (Å²) in [5.41, 5.74) is 3.02. The van der Waals surface area contributed by atoms with Gasteiger partial charge in [-0.05, 0) is 36.8 Å². The molecule has 3 rings (SSSR count). The number of allylic oxidation sites excluding steroid dienone is 1. The Kier molecular flexibility index (Phi) is 6.55. The van der Waals surface area contributed by atoms with Gasteiger partial charge in [-0.1, -0.05) is 12.1 Å². The zero-order valence-electron chi connectivity index (χ0n) is 17.8. The van der Waals surface area contributed by atoms with Gasteiger partial charge in [-0.3, -0.25) is 4.98 Å². The molecule has 0 atom stereocenters. The lowest BCUT2D eigenvalue weighted by atomic mass is 9.92. The number of aryl methyl sites for hydroxylation is 2. The van der Waals surface area contributed by atoms with Crippen LogP contribution in [-0.2, 0) is 9.47 Å². The lowest BCUT2D eigenvalue weighted by Crippen LogP contribution is -2.16. The molecule has 0 aliphatic rings. The molecular formula is C21H19N7O4. The van der Waals surface area contributed by atoms with Crippen molar-refractivity contribution >= 4 is 23.2 Å². The van der Waals surface area contributed by atoms with Crippen LogP contribution in [0.4, 0.5) is 5.69 Å². The molecule has 0 fully saturated rings. The quantitative estimate of drug-likeness (QED) is 0.437. The lowest BCUT2D eigenvalue weighted by Gasteiger charge is -2.17. The van der Waals surface area contributed by atoms with Crippen molar-refractivity contribution in [3.05, 3.63) is 58.8 Å². The highest BCUT2D eigenvalue weighted by Gasteiger charge is 2.27. The molecule has 0 bridgehead atoms. The molecule has 162 valence electrons. The number of hydrogen-bond donors (Lipinski definition) is 2. The topological polar surface area (TPSA) is 156 Å². The molecule has 11 nitrogen and oxygen atoms in total. The highest BCUT2D eigenvalue weighted by molar-refractivity contribution is 6.07. The summed E-state index contributed by atoms with van der Waals surface area (Å²) in [6.45, 7) is 3.35. The van der Waals surface area contributed by atoms with E-state index in [-0.39, 0.29) is 22.5 Å². The molecule has 0 aliphatic heterocycles. The molecule has 2 heterocycles. The highest BCUT2D eigenvalue weighted by Crippen LogP contribution is 2.33. The second-order valence-corrected chi connectivity index (χ2v) is 6.52. The van der Waals surface area contributed by atoms with Gasteiger partial charge in [0.25, 0.3) is 0 Å². The zero-order valence-corrected chi connectivity index (χ0v) is 17.8.